The van der Waals surface area contributed by atoms with Gasteiger partial charge in [0.05, 0.1) is 0 Å². The first kappa shape index (κ1) is 25.2. The molecule has 0 amide bonds. The van der Waals surface area contributed by atoms with Gasteiger partial charge in [0.25, 0.3) is 0 Å². The number of hydrogen-bond donors (Lipinski definition) is 1. The van der Waals surface area contributed by atoms with E-state index < -0.39 is 9.64 Å². The molecular weight excluding hydrogens is 240 g/mol. The minimum Gasteiger partial charge on any atom is -0.459 e. The van der Waals surface area contributed by atoms with Crippen molar-refractivity contribution in [2.75, 3.05) is 0 Å². The third kappa shape index (κ3) is 23400. The summed E-state index contributed by atoms with van der Waals surface area (Å²) in [6.45, 7) is 19.5. The van der Waals surface area contributed by atoms with Gasteiger partial charge in [-0.3, -0.25) is 0 Å². The van der Waals surface area contributed by atoms with Gasteiger partial charge in [0, 0.05) is 0 Å². The zero-order valence-electron chi connectivity index (χ0n) is 12.4. The van der Waals surface area contributed by atoms with Gasteiger partial charge in [0.2, 0.25) is 0 Å². The van der Waals surface area contributed by atoms with Gasteiger partial charge in [0.1, 0.15) is 0 Å². The van der Waals surface area contributed by atoms with E-state index >= 15 is 0 Å². The molecule has 0 fully saturated rings. The van der Waals surface area contributed by atoms with Crippen molar-refractivity contribution in [3.05, 3.63) is 0 Å². The highest BCUT2D eigenvalue weighted by Gasteiger charge is 1.68. The summed E-state index contributed by atoms with van der Waals surface area (Å²) in [4.78, 5) is 0. The molecule has 16 heavy (non-hydrogen) atoms. The van der Waals surface area contributed by atoms with Crippen LogP contribution < -0.4 is 0 Å². The van der Waals surface area contributed by atoms with E-state index in [2.05, 4.69) is 73.5 Å². The second-order valence-corrected chi connectivity index (χ2v) is 6.70. The lowest BCUT2D eigenvalue weighted by molar-refractivity contribution is 0.536. The van der Waals surface area contributed by atoms with Crippen LogP contribution in [0.15, 0.2) is 0 Å². The van der Waals surface area contributed by atoms with Gasteiger partial charge in [-0.2, -0.15) is 0 Å². The van der Waals surface area contributed by atoms with Crippen molar-refractivity contribution in [1.29, 1.82) is 0 Å². The maximum atomic E-state index is 8.93. The fourth-order valence-corrected chi connectivity index (χ4v) is 0. The minimum absolute atomic E-state index is 0.833. The SMILES string of the molecule is CC(C)C.CC(C)C.CC(C)C.O=[S-](O)=S. The molecule has 0 aromatic rings. The molecule has 0 heterocycles. The average molecular weight is 272 g/mol. The zero-order chi connectivity index (χ0) is 14.3. The smallest absolute Gasteiger partial charge is 0.0500 e. The van der Waals surface area contributed by atoms with Gasteiger partial charge in [-0.15, -0.1) is 0 Å². The van der Waals surface area contributed by atoms with Crippen molar-refractivity contribution in [2.45, 2.75) is 62.3 Å². The van der Waals surface area contributed by atoms with Crippen molar-refractivity contribution >= 4 is 20.8 Å². The highest BCUT2D eigenvalue weighted by atomic mass is 32.8. The van der Waals surface area contributed by atoms with Crippen molar-refractivity contribution in [2.24, 2.45) is 17.8 Å². The van der Waals surface area contributed by atoms with Crippen molar-refractivity contribution in [1.82, 2.24) is 0 Å². The van der Waals surface area contributed by atoms with Crippen LogP contribution in [0.1, 0.15) is 62.3 Å². The minimum atomic E-state index is -2.03. The van der Waals surface area contributed by atoms with Crippen LogP contribution in [0.4, 0.5) is 0 Å². The highest BCUT2D eigenvalue weighted by molar-refractivity contribution is 8.18. The maximum Gasteiger partial charge on any atom is -0.0500 e. The predicted molar refractivity (Wildman–Crippen MR) is 79.6 cm³/mol. The Labute approximate surface area is 110 Å². The summed E-state index contributed by atoms with van der Waals surface area (Å²) in [7, 11) is -2.03. The van der Waals surface area contributed by atoms with E-state index in [1.54, 1.807) is 0 Å². The molecule has 0 saturated heterocycles. The largest absolute Gasteiger partial charge is 0.459 e. The predicted octanol–water partition coefficient (Wildman–Crippen LogP) is 4.87. The first-order chi connectivity index (χ1) is 6.93. The van der Waals surface area contributed by atoms with Gasteiger partial charge in [-0.25, -0.2) is 11.2 Å². The molecule has 1 N–H and O–H groups in total. The normalized spacial score (nSPS) is 8.88. The molecule has 0 bridgehead atoms. The molecule has 0 aromatic heterocycles. The van der Waals surface area contributed by atoms with Gasteiger partial charge < -0.3 is 8.76 Å². The Balaban J connectivity index is -0.0000000600. The molecule has 0 saturated carbocycles. The van der Waals surface area contributed by atoms with Crippen LogP contribution in [0, 0.1) is 17.8 Å². The van der Waals surface area contributed by atoms with Crippen LogP contribution in [0.2, 0.25) is 0 Å². The van der Waals surface area contributed by atoms with E-state index in [4.69, 9.17) is 8.76 Å². The number of hydrogen-bond acceptors (Lipinski definition) is 3. The summed E-state index contributed by atoms with van der Waals surface area (Å²) in [6.07, 6.45) is 0. The summed E-state index contributed by atoms with van der Waals surface area (Å²) in [5, 5.41) is 0. The molecule has 0 aromatic carbocycles. The molecule has 0 rings (SSSR count). The van der Waals surface area contributed by atoms with E-state index in [1.165, 1.54) is 0 Å². The average Bonchev–Trinajstić information content (AvgIpc) is 1.76. The standard InChI is InChI=1S/3C4H10.HO2S2/c4*1-4(2)3/h3*4H,1-3H3;(H,1,2,3)/q;;;-1. The molecule has 0 aliphatic rings. The second kappa shape index (κ2) is 20.7. The first-order valence-corrected chi connectivity index (χ1v) is 7.74. The Morgan fingerprint density at radius 2 is 0.750 bits per heavy atom. The van der Waals surface area contributed by atoms with Crippen LogP contribution in [0.3, 0.4) is 0 Å². The zero-order valence-corrected chi connectivity index (χ0v) is 14.0. The van der Waals surface area contributed by atoms with E-state index in [9.17, 15) is 0 Å². The van der Waals surface area contributed by atoms with E-state index in [0.29, 0.717) is 0 Å². The highest BCUT2D eigenvalue weighted by Crippen LogP contribution is 1.81. The lowest BCUT2D eigenvalue weighted by Gasteiger charge is -1.79. The third-order valence-electron chi connectivity index (χ3n) is 0. The molecule has 2 nitrogen and oxygen atoms in total. The van der Waals surface area contributed by atoms with Crippen LogP contribution in [0.25, 0.3) is 0 Å². The molecule has 0 unspecified atom stereocenters. The summed E-state index contributed by atoms with van der Waals surface area (Å²) >= 11 is 3.65. The van der Waals surface area contributed by atoms with Crippen LogP contribution in [0.5, 0.6) is 0 Å². The van der Waals surface area contributed by atoms with Crippen molar-refractivity contribution in [3.8, 4) is 0 Å². The fraction of sp³-hybridized carbons (Fsp3) is 1.00. The van der Waals surface area contributed by atoms with Gasteiger partial charge in [-0.05, 0) is 17.8 Å². The Kier molecular flexibility index (Phi) is 32.7. The van der Waals surface area contributed by atoms with Crippen LogP contribution in [-0.4, -0.2) is 4.55 Å². The molecular formula is C12H31O2S2-. The third-order valence-corrected chi connectivity index (χ3v) is 0. The van der Waals surface area contributed by atoms with Crippen LogP contribution in [-0.2, 0) is 25.0 Å². The molecule has 104 valence electrons. The molecule has 0 aliphatic heterocycles. The first-order valence-electron chi connectivity index (χ1n) is 5.71. The Morgan fingerprint density at radius 3 is 0.750 bits per heavy atom. The summed E-state index contributed by atoms with van der Waals surface area (Å²) in [5.74, 6) is 2.50. The number of rotatable bonds is 0. The van der Waals surface area contributed by atoms with Crippen molar-refractivity contribution in [3.63, 3.8) is 0 Å². The lowest BCUT2D eigenvalue weighted by Crippen LogP contribution is -1.66. The topological polar surface area (TPSA) is 37.3 Å². The van der Waals surface area contributed by atoms with Gasteiger partial charge >= 0.3 is 0 Å². The summed E-state index contributed by atoms with van der Waals surface area (Å²) in [6, 6.07) is 0. The van der Waals surface area contributed by atoms with Crippen LogP contribution >= 0.6 is 0 Å². The molecule has 0 atom stereocenters. The second-order valence-electron chi connectivity index (χ2n) is 5.41. The van der Waals surface area contributed by atoms with Gasteiger partial charge in [-0.1, -0.05) is 72.0 Å². The molecule has 0 aliphatic carbocycles. The van der Waals surface area contributed by atoms with Crippen molar-refractivity contribution < 1.29 is 8.76 Å². The Bertz CT molecular complexity index is 132. The molecule has 0 spiro atoms. The Morgan fingerprint density at radius 1 is 0.750 bits per heavy atom. The molecule has 0 radical (unpaired) electrons. The van der Waals surface area contributed by atoms with E-state index in [-0.39, 0.29) is 0 Å². The van der Waals surface area contributed by atoms with Gasteiger partial charge in [0.15, 0.2) is 0 Å². The summed E-state index contributed by atoms with van der Waals surface area (Å²) < 4.78 is 16.3. The monoisotopic (exact) mass is 271 g/mol. The molecule has 4 heteroatoms. The lowest BCUT2D eigenvalue weighted by atomic mass is 10.3. The van der Waals surface area contributed by atoms with E-state index in [1.807, 2.05) is 0 Å². The fourth-order valence-electron chi connectivity index (χ4n) is 0. The quantitative estimate of drug-likeness (QED) is 0.504. The Hall–Kier alpha value is 0.330. The maximum absolute atomic E-state index is 8.93. The van der Waals surface area contributed by atoms with E-state index in [0.717, 1.165) is 17.8 Å². The summed E-state index contributed by atoms with van der Waals surface area (Å²) in [5.41, 5.74) is 0.